The molecule has 0 saturated heterocycles. The number of pyridine rings is 1. The van der Waals surface area contributed by atoms with Gasteiger partial charge in [-0.05, 0) is 12.5 Å². The quantitative estimate of drug-likeness (QED) is 0.590. The van der Waals surface area contributed by atoms with E-state index in [2.05, 4.69) is 9.72 Å². The summed E-state index contributed by atoms with van der Waals surface area (Å²) in [5.41, 5.74) is 0.888. The van der Waals surface area contributed by atoms with Crippen LogP contribution in [-0.2, 0) is 10.2 Å². The van der Waals surface area contributed by atoms with E-state index in [4.69, 9.17) is 4.74 Å². The molecule has 5 nitrogen and oxygen atoms in total. The van der Waals surface area contributed by atoms with Gasteiger partial charge in [-0.2, -0.15) is 0 Å². The minimum atomic E-state index is -0.553. The molecule has 0 aliphatic carbocycles. The summed E-state index contributed by atoms with van der Waals surface area (Å²) < 4.78 is 10.1. The van der Waals surface area contributed by atoms with Gasteiger partial charge >= 0.3 is 5.97 Å². The van der Waals surface area contributed by atoms with Crippen molar-refractivity contribution in [1.82, 2.24) is 4.98 Å². The van der Waals surface area contributed by atoms with Crippen molar-refractivity contribution >= 4 is 12.3 Å². The molecule has 18 heavy (non-hydrogen) atoms. The monoisotopic (exact) mass is 249 g/mol. The molecule has 0 atom stereocenters. The van der Waals surface area contributed by atoms with E-state index in [1.54, 1.807) is 0 Å². The Morgan fingerprint density at radius 2 is 2.28 bits per heavy atom. The molecule has 5 heteroatoms. The van der Waals surface area contributed by atoms with Gasteiger partial charge < -0.3 is 9.47 Å². The molecule has 0 radical (unpaired) electrons. The second-order valence-electron chi connectivity index (χ2n) is 4.87. The molecule has 0 saturated carbocycles. The van der Waals surface area contributed by atoms with Crippen molar-refractivity contribution in [3.8, 4) is 5.75 Å². The number of nitrogens with zero attached hydrogens (tertiary/aromatic N) is 1. The SMILES string of the molecule is COC(=O)c1cc(C=O)c2c(n1)C(C)(C)CCO2. The third-order valence-electron chi connectivity index (χ3n) is 3.14. The summed E-state index contributed by atoms with van der Waals surface area (Å²) in [6, 6.07) is 1.40. The summed E-state index contributed by atoms with van der Waals surface area (Å²) in [7, 11) is 1.28. The highest BCUT2D eigenvalue weighted by Crippen LogP contribution is 2.38. The van der Waals surface area contributed by atoms with Gasteiger partial charge in [0.05, 0.1) is 25.0 Å². The molecule has 1 aromatic rings. The van der Waals surface area contributed by atoms with Crippen LogP contribution >= 0.6 is 0 Å². The number of rotatable bonds is 2. The van der Waals surface area contributed by atoms with Crippen LogP contribution in [0, 0.1) is 0 Å². The molecule has 1 aliphatic heterocycles. The average Bonchev–Trinajstić information content (AvgIpc) is 2.36. The Hall–Kier alpha value is -1.91. The van der Waals surface area contributed by atoms with Gasteiger partial charge in [0.25, 0.3) is 0 Å². The standard InChI is InChI=1S/C13H15NO4/c1-13(2)4-5-18-10-8(7-15)6-9(12(16)17-3)14-11(10)13/h6-7H,4-5H2,1-3H3. The largest absolute Gasteiger partial charge is 0.491 e. The molecular formula is C13H15NO4. The summed E-state index contributed by atoms with van der Waals surface area (Å²) >= 11 is 0. The van der Waals surface area contributed by atoms with E-state index in [1.807, 2.05) is 13.8 Å². The molecule has 0 amide bonds. The van der Waals surface area contributed by atoms with Gasteiger partial charge in [0.2, 0.25) is 0 Å². The maximum atomic E-state index is 11.5. The zero-order valence-electron chi connectivity index (χ0n) is 10.6. The number of carbonyl (C=O) groups is 2. The lowest BCUT2D eigenvalue weighted by Gasteiger charge is -2.32. The van der Waals surface area contributed by atoms with E-state index in [-0.39, 0.29) is 11.1 Å². The normalized spacial score (nSPS) is 16.4. The molecule has 2 heterocycles. The average molecular weight is 249 g/mol. The van der Waals surface area contributed by atoms with Gasteiger partial charge in [-0.25, -0.2) is 9.78 Å². The molecule has 0 unspecified atom stereocenters. The molecule has 2 rings (SSSR count). The fraction of sp³-hybridized carbons (Fsp3) is 0.462. The second-order valence-corrected chi connectivity index (χ2v) is 4.87. The molecule has 96 valence electrons. The Labute approximate surface area is 105 Å². The minimum absolute atomic E-state index is 0.136. The first-order valence-electron chi connectivity index (χ1n) is 5.71. The maximum absolute atomic E-state index is 11.5. The van der Waals surface area contributed by atoms with Crippen molar-refractivity contribution in [2.75, 3.05) is 13.7 Å². The predicted octanol–water partition coefficient (Wildman–Crippen LogP) is 1.74. The summed E-state index contributed by atoms with van der Waals surface area (Å²) in [4.78, 5) is 26.9. The zero-order chi connectivity index (χ0) is 13.3. The highest BCUT2D eigenvalue weighted by molar-refractivity contribution is 5.91. The van der Waals surface area contributed by atoms with Gasteiger partial charge in [0, 0.05) is 5.41 Å². The molecule has 0 aromatic carbocycles. The van der Waals surface area contributed by atoms with E-state index in [0.717, 1.165) is 6.42 Å². The lowest BCUT2D eigenvalue weighted by atomic mass is 9.82. The van der Waals surface area contributed by atoms with E-state index in [0.29, 0.717) is 29.9 Å². The Morgan fingerprint density at radius 3 is 2.89 bits per heavy atom. The van der Waals surface area contributed by atoms with Crippen molar-refractivity contribution in [1.29, 1.82) is 0 Å². The van der Waals surface area contributed by atoms with Gasteiger partial charge in [0.1, 0.15) is 5.69 Å². The number of fused-ring (bicyclic) bond motifs is 1. The lowest BCUT2D eigenvalue weighted by molar-refractivity contribution is 0.0593. The van der Waals surface area contributed by atoms with Crippen molar-refractivity contribution < 1.29 is 19.1 Å². The summed E-state index contributed by atoms with van der Waals surface area (Å²) in [5, 5.41) is 0. The number of methoxy groups -OCH3 is 1. The first-order chi connectivity index (χ1) is 8.49. The topological polar surface area (TPSA) is 65.5 Å². The number of ether oxygens (including phenoxy) is 2. The number of hydrogen-bond donors (Lipinski definition) is 0. The molecule has 0 bridgehead atoms. The van der Waals surface area contributed by atoms with Crippen molar-refractivity contribution in [3.05, 3.63) is 23.0 Å². The van der Waals surface area contributed by atoms with Crippen LogP contribution in [0.25, 0.3) is 0 Å². The fourth-order valence-electron chi connectivity index (χ4n) is 1.99. The van der Waals surface area contributed by atoms with E-state index in [1.165, 1.54) is 13.2 Å². The number of carbonyl (C=O) groups excluding carboxylic acids is 2. The number of aldehydes is 1. The van der Waals surface area contributed by atoms with Gasteiger partial charge in [-0.1, -0.05) is 13.8 Å². The van der Waals surface area contributed by atoms with Crippen LogP contribution in [-0.4, -0.2) is 31.0 Å². The highest BCUT2D eigenvalue weighted by Gasteiger charge is 2.33. The summed E-state index contributed by atoms with van der Waals surface area (Å²) in [6.45, 7) is 4.56. The number of aromatic nitrogens is 1. The van der Waals surface area contributed by atoms with Crippen LogP contribution in [0.3, 0.4) is 0 Å². The Kier molecular flexibility index (Phi) is 3.07. The molecule has 1 aromatic heterocycles. The third-order valence-corrected chi connectivity index (χ3v) is 3.14. The number of esters is 1. The predicted molar refractivity (Wildman–Crippen MR) is 64.1 cm³/mol. The number of hydrogen-bond acceptors (Lipinski definition) is 5. The van der Waals surface area contributed by atoms with Crippen molar-refractivity contribution in [2.45, 2.75) is 25.7 Å². The third kappa shape index (κ3) is 1.96. The van der Waals surface area contributed by atoms with Crippen molar-refractivity contribution in [3.63, 3.8) is 0 Å². The smallest absolute Gasteiger partial charge is 0.356 e. The van der Waals surface area contributed by atoms with Crippen LogP contribution in [0.4, 0.5) is 0 Å². The van der Waals surface area contributed by atoms with Crippen molar-refractivity contribution in [2.24, 2.45) is 0 Å². The second kappa shape index (κ2) is 4.40. The first-order valence-corrected chi connectivity index (χ1v) is 5.71. The van der Waals surface area contributed by atoms with Crippen LogP contribution in [0.5, 0.6) is 5.75 Å². The van der Waals surface area contributed by atoms with Gasteiger partial charge in [0.15, 0.2) is 12.0 Å². The van der Waals surface area contributed by atoms with E-state index >= 15 is 0 Å². The molecule has 1 aliphatic rings. The molecular weight excluding hydrogens is 234 g/mol. The lowest BCUT2D eigenvalue weighted by Crippen LogP contribution is -2.29. The molecule has 0 N–H and O–H groups in total. The van der Waals surface area contributed by atoms with Gasteiger partial charge in [-0.15, -0.1) is 0 Å². The fourth-order valence-corrected chi connectivity index (χ4v) is 1.99. The van der Waals surface area contributed by atoms with Crippen LogP contribution in [0.2, 0.25) is 0 Å². The minimum Gasteiger partial charge on any atom is -0.491 e. The molecule has 0 spiro atoms. The Balaban J connectivity index is 2.64. The summed E-state index contributed by atoms with van der Waals surface area (Å²) in [6.07, 6.45) is 1.46. The van der Waals surface area contributed by atoms with Crippen LogP contribution < -0.4 is 4.74 Å². The van der Waals surface area contributed by atoms with E-state index < -0.39 is 5.97 Å². The van der Waals surface area contributed by atoms with Gasteiger partial charge in [-0.3, -0.25) is 4.79 Å². The molecule has 0 fully saturated rings. The van der Waals surface area contributed by atoms with Crippen LogP contribution in [0.1, 0.15) is 46.8 Å². The summed E-state index contributed by atoms with van der Waals surface area (Å²) in [5.74, 6) is -0.0730. The Bertz CT molecular complexity index is 508. The maximum Gasteiger partial charge on any atom is 0.356 e. The Morgan fingerprint density at radius 1 is 1.56 bits per heavy atom. The van der Waals surface area contributed by atoms with E-state index in [9.17, 15) is 9.59 Å². The zero-order valence-corrected chi connectivity index (χ0v) is 10.6. The van der Waals surface area contributed by atoms with Crippen LogP contribution in [0.15, 0.2) is 6.07 Å². The first kappa shape index (κ1) is 12.5. The highest BCUT2D eigenvalue weighted by atomic mass is 16.5.